The Labute approximate surface area is 120 Å². The zero-order valence-electron chi connectivity index (χ0n) is 9.29. The van der Waals surface area contributed by atoms with Gasteiger partial charge in [-0.25, -0.2) is 9.69 Å². The Morgan fingerprint density at radius 1 is 1.22 bits per heavy atom. The minimum atomic E-state index is -0.720. The molecule has 7 heteroatoms. The van der Waals surface area contributed by atoms with Crippen molar-refractivity contribution in [2.45, 2.75) is 13.3 Å². The molecular formula is C11H8Br2N2O3. The van der Waals surface area contributed by atoms with Gasteiger partial charge in [-0.3, -0.25) is 14.9 Å². The molecule has 0 atom stereocenters. The summed E-state index contributed by atoms with van der Waals surface area (Å²) >= 11 is 6.64. The van der Waals surface area contributed by atoms with Crippen molar-refractivity contribution in [3.63, 3.8) is 0 Å². The number of hydrogen-bond donors (Lipinski definition) is 1. The Bertz CT molecular complexity index is 528. The fraction of sp³-hybridized carbons (Fsp3) is 0.182. The Kier molecular flexibility index (Phi) is 3.54. The van der Waals surface area contributed by atoms with E-state index in [1.54, 1.807) is 19.1 Å². The van der Waals surface area contributed by atoms with E-state index in [0.717, 1.165) is 14.9 Å². The van der Waals surface area contributed by atoms with E-state index in [1.807, 2.05) is 0 Å². The van der Waals surface area contributed by atoms with E-state index in [-0.39, 0.29) is 6.42 Å². The zero-order valence-corrected chi connectivity index (χ0v) is 12.5. The van der Waals surface area contributed by atoms with Crippen LogP contribution >= 0.6 is 31.9 Å². The average molecular weight is 376 g/mol. The molecule has 0 aliphatic carbocycles. The number of barbiturate groups is 1. The van der Waals surface area contributed by atoms with Crippen LogP contribution in [0.2, 0.25) is 0 Å². The Balaban J connectivity index is 2.52. The molecule has 1 fully saturated rings. The van der Waals surface area contributed by atoms with Gasteiger partial charge < -0.3 is 0 Å². The van der Waals surface area contributed by atoms with Crippen molar-refractivity contribution < 1.29 is 14.4 Å². The second-order valence-electron chi connectivity index (χ2n) is 3.81. The number of benzene rings is 1. The highest BCUT2D eigenvalue weighted by Crippen LogP contribution is 2.34. The number of carbonyl (C=O) groups excluding carboxylic acids is 3. The summed E-state index contributed by atoms with van der Waals surface area (Å²) in [5.74, 6) is -1.11. The summed E-state index contributed by atoms with van der Waals surface area (Å²) in [6.45, 7) is 1.78. The lowest BCUT2D eigenvalue weighted by Crippen LogP contribution is -2.53. The first-order valence-electron chi connectivity index (χ1n) is 5.02. The second kappa shape index (κ2) is 4.81. The minimum absolute atomic E-state index is 0.326. The Morgan fingerprint density at radius 3 is 2.44 bits per heavy atom. The molecule has 1 aliphatic heterocycles. The van der Waals surface area contributed by atoms with Crippen molar-refractivity contribution in [1.82, 2.24) is 5.32 Å². The molecule has 94 valence electrons. The standard InChI is InChI=1S/C11H8Br2N2O3/c1-5-2-6(12)3-7(13)10(5)15-9(17)4-8(16)14-11(15)18/h2-3H,4H2,1H3,(H,14,16,18). The first-order valence-corrected chi connectivity index (χ1v) is 6.61. The van der Waals surface area contributed by atoms with Gasteiger partial charge in [-0.1, -0.05) is 15.9 Å². The molecule has 0 radical (unpaired) electrons. The highest BCUT2D eigenvalue weighted by molar-refractivity contribution is 9.11. The summed E-state index contributed by atoms with van der Waals surface area (Å²) < 4.78 is 1.43. The number of anilines is 1. The zero-order chi connectivity index (χ0) is 13.4. The fourth-order valence-electron chi connectivity index (χ4n) is 1.75. The average Bonchev–Trinajstić information content (AvgIpc) is 2.20. The van der Waals surface area contributed by atoms with E-state index in [1.165, 1.54) is 0 Å². The molecule has 4 amide bonds. The minimum Gasteiger partial charge on any atom is -0.277 e. The third-order valence-corrected chi connectivity index (χ3v) is 3.52. The van der Waals surface area contributed by atoms with Gasteiger partial charge in [0.2, 0.25) is 11.8 Å². The summed E-state index contributed by atoms with van der Waals surface area (Å²) in [5, 5.41) is 2.12. The number of urea groups is 1. The molecule has 0 aromatic heterocycles. The predicted octanol–water partition coefficient (Wildman–Crippen LogP) is 2.49. The van der Waals surface area contributed by atoms with E-state index < -0.39 is 17.8 Å². The van der Waals surface area contributed by atoms with Crippen molar-refractivity contribution in [3.8, 4) is 0 Å². The highest BCUT2D eigenvalue weighted by atomic mass is 79.9. The van der Waals surface area contributed by atoms with Crippen LogP contribution in [0.5, 0.6) is 0 Å². The van der Waals surface area contributed by atoms with Crippen molar-refractivity contribution >= 4 is 55.4 Å². The molecule has 1 heterocycles. The number of hydrogen-bond acceptors (Lipinski definition) is 3. The first-order chi connectivity index (χ1) is 8.40. The maximum absolute atomic E-state index is 11.8. The molecule has 1 aliphatic rings. The number of nitrogens with one attached hydrogen (secondary N) is 1. The first kappa shape index (κ1) is 13.2. The van der Waals surface area contributed by atoms with Crippen molar-refractivity contribution in [1.29, 1.82) is 0 Å². The molecular weight excluding hydrogens is 368 g/mol. The number of nitrogens with zero attached hydrogens (tertiary/aromatic N) is 1. The number of imide groups is 2. The molecule has 0 unspecified atom stereocenters. The predicted molar refractivity (Wildman–Crippen MR) is 72.2 cm³/mol. The summed E-state index contributed by atoms with van der Waals surface area (Å²) in [5.41, 5.74) is 1.20. The molecule has 18 heavy (non-hydrogen) atoms. The number of carbonyl (C=O) groups is 3. The van der Waals surface area contributed by atoms with Gasteiger partial charge in [0.1, 0.15) is 6.42 Å². The van der Waals surface area contributed by atoms with Crippen LogP contribution in [0.25, 0.3) is 0 Å². The van der Waals surface area contributed by atoms with E-state index in [4.69, 9.17) is 0 Å². The molecule has 1 saturated heterocycles. The van der Waals surface area contributed by atoms with Gasteiger partial charge in [0.15, 0.2) is 0 Å². The molecule has 0 spiro atoms. The normalized spacial score (nSPS) is 15.9. The largest absolute Gasteiger partial charge is 0.335 e. The summed E-state index contributed by atoms with van der Waals surface area (Å²) in [6, 6.07) is 2.80. The summed E-state index contributed by atoms with van der Waals surface area (Å²) in [6.07, 6.45) is -0.326. The Morgan fingerprint density at radius 2 is 1.89 bits per heavy atom. The van der Waals surface area contributed by atoms with E-state index in [0.29, 0.717) is 10.2 Å². The van der Waals surface area contributed by atoms with Crippen molar-refractivity contribution in [2.24, 2.45) is 0 Å². The number of rotatable bonds is 1. The van der Waals surface area contributed by atoms with Crippen molar-refractivity contribution in [2.75, 3.05) is 4.90 Å². The van der Waals surface area contributed by atoms with Crippen molar-refractivity contribution in [3.05, 3.63) is 26.6 Å². The van der Waals surface area contributed by atoms with Crippen LogP contribution in [-0.4, -0.2) is 17.8 Å². The molecule has 1 aromatic rings. The SMILES string of the molecule is Cc1cc(Br)cc(Br)c1N1C(=O)CC(=O)NC1=O. The molecule has 0 bridgehead atoms. The highest BCUT2D eigenvalue weighted by Gasteiger charge is 2.34. The number of aryl methyl sites for hydroxylation is 1. The third-order valence-electron chi connectivity index (χ3n) is 2.45. The van der Waals surface area contributed by atoms with Gasteiger partial charge in [0.05, 0.1) is 5.69 Å². The topological polar surface area (TPSA) is 66.5 Å². The van der Waals surface area contributed by atoms with Crippen LogP contribution in [0.3, 0.4) is 0 Å². The van der Waals surface area contributed by atoms with Gasteiger partial charge in [-0.05, 0) is 40.5 Å². The van der Waals surface area contributed by atoms with Gasteiger partial charge >= 0.3 is 6.03 Å². The van der Waals surface area contributed by atoms with Gasteiger partial charge in [0.25, 0.3) is 0 Å². The fourth-order valence-corrected chi connectivity index (χ4v) is 3.37. The lowest BCUT2D eigenvalue weighted by atomic mass is 10.1. The lowest BCUT2D eigenvalue weighted by Gasteiger charge is -2.27. The molecule has 0 saturated carbocycles. The second-order valence-corrected chi connectivity index (χ2v) is 5.58. The van der Waals surface area contributed by atoms with E-state index in [2.05, 4.69) is 37.2 Å². The maximum Gasteiger partial charge on any atom is 0.335 e. The van der Waals surface area contributed by atoms with Crippen LogP contribution in [-0.2, 0) is 9.59 Å². The van der Waals surface area contributed by atoms with Crippen LogP contribution in [0.1, 0.15) is 12.0 Å². The van der Waals surface area contributed by atoms with Crippen LogP contribution < -0.4 is 10.2 Å². The molecule has 5 nitrogen and oxygen atoms in total. The molecule has 1 aromatic carbocycles. The smallest absolute Gasteiger partial charge is 0.277 e. The van der Waals surface area contributed by atoms with E-state index >= 15 is 0 Å². The molecule has 2 rings (SSSR count). The van der Waals surface area contributed by atoms with E-state index in [9.17, 15) is 14.4 Å². The number of amides is 4. The van der Waals surface area contributed by atoms with Crippen LogP contribution in [0, 0.1) is 6.92 Å². The van der Waals surface area contributed by atoms with Gasteiger partial charge in [0, 0.05) is 8.95 Å². The van der Waals surface area contributed by atoms with Gasteiger partial charge in [-0.2, -0.15) is 0 Å². The summed E-state index contributed by atoms with van der Waals surface area (Å²) in [4.78, 5) is 35.6. The molecule has 1 N–H and O–H groups in total. The third kappa shape index (κ3) is 2.32. The van der Waals surface area contributed by atoms with Gasteiger partial charge in [-0.15, -0.1) is 0 Å². The lowest BCUT2D eigenvalue weighted by molar-refractivity contribution is -0.128. The Hall–Kier alpha value is -1.21. The summed E-state index contributed by atoms with van der Waals surface area (Å²) in [7, 11) is 0. The van der Waals surface area contributed by atoms with Crippen LogP contribution in [0.15, 0.2) is 21.1 Å². The number of halogens is 2. The monoisotopic (exact) mass is 374 g/mol. The van der Waals surface area contributed by atoms with Crippen LogP contribution in [0.4, 0.5) is 10.5 Å². The maximum atomic E-state index is 11.8. The quantitative estimate of drug-likeness (QED) is 0.767.